The number of anilines is 1. The second-order valence-corrected chi connectivity index (χ2v) is 5.96. The van der Waals surface area contributed by atoms with Crippen LogP contribution in [0.25, 0.3) is 11.3 Å². The third-order valence-electron chi connectivity index (χ3n) is 2.98. The Kier molecular flexibility index (Phi) is 4.37. The van der Waals surface area contributed by atoms with Crippen molar-refractivity contribution in [3.05, 3.63) is 34.7 Å². The maximum atomic E-state index is 11.7. The summed E-state index contributed by atoms with van der Waals surface area (Å²) >= 11 is 0.974. The molecule has 1 aromatic carbocycles. The van der Waals surface area contributed by atoms with Gasteiger partial charge in [0.25, 0.3) is 0 Å². The van der Waals surface area contributed by atoms with Crippen molar-refractivity contribution in [2.45, 2.75) is 20.8 Å². The van der Waals surface area contributed by atoms with Crippen molar-refractivity contribution < 1.29 is 14.7 Å². The molecule has 0 aliphatic heterocycles. The smallest absolute Gasteiger partial charge is 0.348 e. The van der Waals surface area contributed by atoms with Crippen LogP contribution in [0.3, 0.4) is 0 Å². The molecule has 2 aromatic rings. The molecule has 1 aromatic heterocycles. The van der Waals surface area contributed by atoms with Crippen LogP contribution >= 0.6 is 11.3 Å². The highest BCUT2D eigenvalue weighted by Crippen LogP contribution is 2.33. The molecule has 0 fully saturated rings. The standard InChI is InChI=1S/C15H16N2O3S/c1-8(2)13(18)17-15-16-11(12(21-15)14(19)20)10-7-5-4-6-9(10)3/h4-8H,1-3H3,(H,19,20)(H,16,17,18). The fraction of sp³-hybridized carbons (Fsp3) is 0.267. The van der Waals surface area contributed by atoms with Crippen LogP contribution in [-0.4, -0.2) is 22.0 Å². The lowest BCUT2D eigenvalue weighted by molar-refractivity contribution is -0.118. The SMILES string of the molecule is Cc1ccccc1-c1nc(NC(=O)C(C)C)sc1C(=O)O. The molecule has 2 rings (SSSR count). The Morgan fingerprint density at radius 3 is 2.52 bits per heavy atom. The highest BCUT2D eigenvalue weighted by molar-refractivity contribution is 7.18. The number of benzene rings is 1. The first-order valence-corrected chi connectivity index (χ1v) is 7.32. The first-order chi connectivity index (χ1) is 9.90. The van der Waals surface area contributed by atoms with Crippen LogP contribution in [0.1, 0.15) is 29.1 Å². The predicted molar refractivity (Wildman–Crippen MR) is 82.7 cm³/mol. The van der Waals surface area contributed by atoms with Gasteiger partial charge in [0.05, 0.1) is 5.69 Å². The highest BCUT2D eigenvalue weighted by atomic mass is 32.1. The van der Waals surface area contributed by atoms with Crippen LogP contribution in [0, 0.1) is 12.8 Å². The normalized spacial score (nSPS) is 10.7. The van der Waals surface area contributed by atoms with Crippen LogP contribution in [0.4, 0.5) is 5.13 Å². The van der Waals surface area contributed by atoms with E-state index >= 15 is 0 Å². The van der Waals surface area contributed by atoms with Crippen LogP contribution in [0.15, 0.2) is 24.3 Å². The maximum Gasteiger partial charge on any atom is 0.348 e. The van der Waals surface area contributed by atoms with Gasteiger partial charge in [-0.1, -0.05) is 49.4 Å². The lowest BCUT2D eigenvalue weighted by atomic mass is 10.1. The van der Waals surface area contributed by atoms with E-state index in [0.717, 1.165) is 22.5 Å². The Bertz CT molecular complexity index is 692. The monoisotopic (exact) mass is 304 g/mol. The molecule has 0 atom stereocenters. The number of hydrogen-bond acceptors (Lipinski definition) is 4. The maximum absolute atomic E-state index is 11.7. The number of hydrogen-bond donors (Lipinski definition) is 2. The summed E-state index contributed by atoms with van der Waals surface area (Å²) in [6.45, 7) is 5.43. The van der Waals surface area contributed by atoms with Gasteiger partial charge in [0.15, 0.2) is 5.13 Å². The van der Waals surface area contributed by atoms with E-state index in [9.17, 15) is 14.7 Å². The summed E-state index contributed by atoms with van der Waals surface area (Å²) in [5, 5.41) is 12.3. The van der Waals surface area contributed by atoms with Gasteiger partial charge in [-0.05, 0) is 12.5 Å². The molecule has 0 aliphatic carbocycles. The number of nitrogens with zero attached hydrogens (tertiary/aromatic N) is 1. The zero-order valence-corrected chi connectivity index (χ0v) is 12.8. The zero-order chi connectivity index (χ0) is 15.6. The second kappa shape index (κ2) is 6.05. The zero-order valence-electron chi connectivity index (χ0n) is 12.0. The van der Waals surface area contributed by atoms with Crippen molar-refractivity contribution in [1.82, 2.24) is 4.98 Å². The number of carboxylic acid groups (broad SMARTS) is 1. The lowest BCUT2D eigenvalue weighted by Gasteiger charge is -2.04. The molecule has 0 unspecified atom stereocenters. The number of aryl methyl sites for hydroxylation is 1. The molecule has 21 heavy (non-hydrogen) atoms. The average molecular weight is 304 g/mol. The van der Waals surface area contributed by atoms with Gasteiger partial charge in [0, 0.05) is 11.5 Å². The Morgan fingerprint density at radius 1 is 1.29 bits per heavy atom. The summed E-state index contributed by atoms with van der Waals surface area (Å²) in [7, 11) is 0. The minimum absolute atomic E-state index is 0.128. The number of carbonyl (C=O) groups excluding carboxylic acids is 1. The van der Waals surface area contributed by atoms with Crippen LogP contribution in [0.2, 0.25) is 0 Å². The van der Waals surface area contributed by atoms with E-state index < -0.39 is 5.97 Å². The predicted octanol–water partition coefficient (Wildman–Crippen LogP) is 3.41. The molecule has 0 radical (unpaired) electrons. The van der Waals surface area contributed by atoms with Crippen molar-refractivity contribution in [1.29, 1.82) is 0 Å². The highest BCUT2D eigenvalue weighted by Gasteiger charge is 2.21. The van der Waals surface area contributed by atoms with Gasteiger partial charge in [0.1, 0.15) is 4.88 Å². The third kappa shape index (κ3) is 3.28. The molecule has 0 saturated carbocycles. The number of aromatic carboxylic acids is 1. The number of amides is 1. The third-order valence-corrected chi connectivity index (χ3v) is 3.93. The second-order valence-electron chi connectivity index (χ2n) is 4.96. The molecule has 0 spiro atoms. The van der Waals surface area contributed by atoms with E-state index in [1.807, 2.05) is 31.2 Å². The van der Waals surface area contributed by atoms with Crippen molar-refractivity contribution >= 4 is 28.3 Å². The summed E-state index contributed by atoms with van der Waals surface area (Å²) in [6.07, 6.45) is 0. The summed E-state index contributed by atoms with van der Waals surface area (Å²) in [5.74, 6) is -1.42. The Morgan fingerprint density at radius 2 is 1.95 bits per heavy atom. The summed E-state index contributed by atoms with van der Waals surface area (Å²) < 4.78 is 0. The van der Waals surface area contributed by atoms with Crippen molar-refractivity contribution in [2.24, 2.45) is 5.92 Å². The molecule has 0 aliphatic rings. The van der Waals surface area contributed by atoms with Crippen LogP contribution < -0.4 is 5.32 Å². The Hall–Kier alpha value is -2.21. The number of rotatable bonds is 4. The molecule has 0 saturated heterocycles. The van der Waals surface area contributed by atoms with Gasteiger partial charge in [-0.3, -0.25) is 4.79 Å². The van der Waals surface area contributed by atoms with Crippen LogP contribution in [-0.2, 0) is 4.79 Å². The van der Waals surface area contributed by atoms with Gasteiger partial charge in [-0.15, -0.1) is 0 Å². The Labute approximate surface area is 126 Å². The number of carbonyl (C=O) groups is 2. The molecule has 1 amide bonds. The van der Waals surface area contributed by atoms with Crippen LogP contribution in [0.5, 0.6) is 0 Å². The van der Waals surface area contributed by atoms with Crippen molar-refractivity contribution in [2.75, 3.05) is 5.32 Å². The average Bonchev–Trinajstić information content (AvgIpc) is 2.83. The molecule has 5 nitrogen and oxygen atoms in total. The number of carboxylic acids is 1. The molecule has 1 heterocycles. The number of aromatic nitrogens is 1. The van der Waals surface area contributed by atoms with E-state index in [4.69, 9.17) is 0 Å². The summed E-state index contributed by atoms with van der Waals surface area (Å²) in [6, 6.07) is 7.43. The summed E-state index contributed by atoms with van der Waals surface area (Å²) in [5.41, 5.74) is 2.09. The molecular weight excluding hydrogens is 288 g/mol. The van der Waals surface area contributed by atoms with Gasteiger partial charge < -0.3 is 10.4 Å². The number of nitrogens with one attached hydrogen (secondary N) is 1. The van der Waals surface area contributed by atoms with E-state index in [2.05, 4.69) is 10.3 Å². The molecule has 2 N–H and O–H groups in total. The van der Waals surface area contributed by atoms with Gasteiger partial charge >= 0.3 is 5.97 Å². The first kappa shape index (κ1) is 15.2. The van der Waals surface area contributed by atoms with Gasteiger partial charge in [0.2, 0.25) is 5.91 Å². The fourth-order valence-electron chi connectivity index (χ4n) is 1.79. The lowest BCUT2D eigenvalue weighted by Crippen LogP contribution is -2.17. The minimum atomic E-state index is -1.05. The van der Waals surface area contributed by atoms with E-state index in [-0.39, 0.29) is 16.7 Å². The van der Waals surface area contributed by atoms with Gasteiger partial charge in [-0.2, -0.15) is 0 Å². The van der Waals surface area contributed by atoms with Gasteiger partial charge in [-0.25, -0.2) is 9.78 Å². The van der Waals surface area contributed by atoms with Crippen molar-refractivity contribution in [3.8, 4) is 11.3 Å². The van der Waals surface area contributed by atoms with E-state index in [0.29, 0.717) is 10.8 Å². The van der Waals surface area contributed by atoms with Crippen molar-refractivity contribution in [3.63, 3.8) is 0 Å². The first-order valence-electron chi connectivity index (χ1n) is 6.51. The fourth-order valence-corrected chi connectivity index (χ4v) is 2.61. The molecule has 6 heteroatoms. The quantitative estimate of drug-likeness (QED) is 0.907. The molecule has 0 bridgehead atoms. The van der Waals surface area contributed by atoms with E-state index in [1.165, 1.54) is 0 Å². The minimum Gasteiger partial charge on any atom is -0.477 e. The number of thiazole rings is 1. The topological polar surface area (TPSA) is 79.3 Å². The largest absolute Gasteiger partial charge is 0.477 e. The molecule has 110 valence electrons. The summed E-state index contributed by atoms with van der Waals surface area (Å²) in [4.78, 5) is 27.5. The molecular formula is C15H16N2O3S. The Balaban J connectivity index is 2.46. The van der Waals surface area contributed by atoms with E-state index in [1.54, 1.807) is 13.8 Å².